The van der Waals surface area contributed by atoms with Crippen molar-refractivity contribution in [2.75, 3.05) is 12.4 Å². The normalized spacial score (nSPS) is 16.8. The number of carbonyl (C=O) groups is 3. The van der Waals surface area contributed by atoms with Gasteiger partial charge in [-0.3, -0.25) is 19.7 Å². The molecule has 3 amide bonds. The van der Waals surface area contributed by atoms with Crippen LogP contribution in [0, 0.1) is 0 Å². The topological polar surface area (TPSA) is 113 Å². The molecule has 0 saturated heterocycles. The highest BCUT2D eigenvalue weighted by Gasteiger charge is 2.29. The zero-order valence-corrected chi connectivity index (χ0v) is 17.9. The summed E-state index contributed by atoms with van der Waals surface area (Å²) >= 11 is 0. The number of nitrogens with one attached hydrogen (secondary N) is 2. The van der Waals surface area contributed by atoms with Crippen LogP contribution in [0.4, 0.5) is 5.69 Å². The van der Waals surface area contributed by atoms with Crippen LogP contribution in [-0.4, -0.2) is 43.5 Å². The van der Waals surface area contributed by atoms with Gasteiger partial charge in [-0.05, 0) is 55.3 Å². The Morgan fingerprint density at radius 1 is 0.968 bits per heavy atom. The molecule has 0 bridgehead atoms. The minimum Gasteiger partial charge on any atom is -0.322 e. The fraction of sp³-hybridized carbons (Fsp3) is 0.318. The monoisotopic (exact) mass is 441 g/mol. The zero-order chi connectivity index (χ0) is 22.2. The molecule has 0 spiro atoms. The zero-order valence-electron chi connectivity index (χ0n) is 17.1. The molecule has 4 rings (SSSR count). The Bertz CT molecular complexity index is 1150. The number of sulfonamides is 1. The lowest BCUT2D eigenvalue weighted by Gasteiger charge is -2.30. The maximum absolute atomic E-state index is 12.9. The highest BCUT2D eigenvalue weighted by Crippen LogP contribution is 2.27. The van der Waals surface area contributed by atoms with E-state index >= 15 is 0 Å². The quantitative estimate of drug-likeness (QED) is 0.693. The Kier molecular flexibility index (Phi) is 5.63. The summed E-state index contributed by atoms with van der Waals surface area (Å²) in [6.45, 7) is 0. The second-order valence-electron chi connectivity index (χ2n) is 7.84. The fourth-order valence-corrected chi connectivity index (χ4v) is 5.45. The first-order valence-corrected chi connectivity index (χ1v) is 11.6. The summed E-state index contributed by atoms with van der Waals surface area (Å²) < 4.78 is 27.3. The number of rotatable bonds is 5. The van der Waals surface area contributed by atoms with Crippen LogP contribution in [0.1, 0.15) is 63.2 Å². The molecular formula is C22H23N3O5S. The Labute approximate surface area is 180 Å². The molecule has 9 heteroatoms. The number of hydrogen-bond donors (Lipinski definition) is 2. The van der Waals surface area contributed by atoms with Crippen LogP contribution in [0.25, 0.3) is 0 Å². The predicted octanol–water partition coefficient (Wildman–Crippen LogP) is 2.78. The summed E-state index contributed by atoms with van der Waals surface area (Å²) in [5.41, 5.74) is 1.11. The van der Waals surface area contributed by atoms with Gasteiger partial charge in [-0.15, -0.1) is 0 Å². The van der Waals surface area contributed by atoms with Crippen LogP contribution < -0.4 is 10.6 Å². The third-order valence-electron chi connectivity index (χ3n) is 5.88. The predicted molar refractivity (Wildman–Crippen MR) is 114 cm³/mol. The van der Waals surface area contributed by atoms with E-state index in [1.165, 1.54) is 46.8 Å². The Balaban J connectivity index is 1.48. The molecule has 0 radical (unpaired) electrons. The van der Waals surface area contributed by atoms with E-state index in [0.29, 0.717) is 5.69 Å². The van der Waals surface area contributed by atoms with Crippen molar-refractivity contribution < 1.29 is 22.8 Å². The Morgan fingerprint density at radius 3 is 2.29 bits per heavy atom. The van der Waals surface area contributed by atoms with Crippen LogP contribution >= 0.6 is 0 Å². The molecule has 1 aliphatic carbocycles. The lowest BCUT2D eigenvalue weighted by atomic mass is 9.96. The minimum absolute atomic E-state index is 0.00520. The third-order valence-corrected chi connectivity index (χ3v) is 7.80. The molecule has 8 nitrogen and oxygen atoms in total. The van der Waals surface area contributed by atoms with Crippen LogP contribution in [0.2, 0.25) is 0 Å². The summed E-state index contributed by atoms with van der Waals surface area (Å²) in [6.07, 6.45) is 4.92. The molecule has 2 aromatic carbocycles. The molecule has 0 unspecified atom stereocenters. The summed E-state index contributed by atoms with van der Waals surface area (Å²) in [5.74, 6) is -1.42. The van der Waals surface area contributed by atoms with Crippen LogP contribution in [0.3, 0.4) is 0 Å². The van der Waals surface area contributed by atoms with Crippen molar-refractivity contribution in [3.63, 3.8) is 0 Å². The van der Waals surface area contributed by atoms with Gasteiger partial charge >= 0.3 is 0 Å². The summed E-state index contributed by atoms with van der Waals surface area (Å²) in [6, 6.07) is 10.2. The maximum Gasteiger partial charge on any atom is 0.259 e. The van der Waals surface area contributed by atoms with Gasteiger partial charge in [0, 0.05) is 24.3 Å². The second kappa shape index (κ2) is 8.24. The highest BCUT2D eigenvalue weighted by atomic mass is 32.2. The van der Waals surface area contributed by atoms with E-state index < -0.39 is 27.7 Å². The lowest BCUT2D eigenvalue weighted by molar-refractivity contribution is 0.0878. The van der Waals surface area contributed by atoms with E-state index in [2.05, 4.69) is 10.6 Å². The van der Waals surface area contributed by atoms with Gasteiger partial charge in [0.05, 0.1) is 16.0 Å². The van der Waals surface area contributed by atoms with E-state index in [0.717, 1.165) is 32.1 Å². The average Bonchev–Trinajstić information content (AvgIpc) is 3.06. The number of imide groups is 1. The third kappa shape index (κ3) is 4.11. The molecule has 0 aromatic heterocycles. The van der Waals surface area contributed by atoms with E-state index in [9.17, 15) is 22.8 Å². The van der Waals surface area contributed by atoms with E-state index in [1.807, 2.05) is 0 Å². The lowest BCUT2D eigenvalue weighted by Crippen LogP contribution is -2.38. The molecule has 162 valence electrons. The minimum atomic E-state index is -3.63. The first kappa shape index (κ1) is 21.2. The number of nitrogens with zero attached hydrogens (tertiary/aromatic N) is 1. The van der Waals surface area contributed by atoms with Gasteiger partial charge in [-0.25, -0.2) is 8.42 Å². The SMILES string of the molecule is CN(C1CCCCC1)S(=O)(=O)c1ccc(C(=O)Nc2ccc3c(c2)C(=O)NC3=O)cc1. The van der Waals surface area contributed by atoms with Crippen molar-refractivity contribution in [2.45, 2.75) is 43.0 Å². The summed E-state index contributed by atoms with van der Waals surface area (Å²) in [5, 5.41) is 4.86. The molecule has 0 atom stereocenters. The number of benzene rings is 2. The number of hydrogen-bond acceptors (Lipinski definition) is 5. The van der Waals surface area contributed by atoms with E-state index in [4.69, 9.17) is 0 Å². The standard InChI is InChI=1S/C22H23N3O5S/c1-25(16-5-3-2-4-6-16)31(29,30)17-10-7-14(8-11-17)20(26)23-15-9-12-18-19(13-15)22(28)24-21(18)27/h7-13,16H,2-6H2,1H3,(H,23,26)(H,24,27,28). The molecular weight excluding hydrogens is 418 g/mol. The van der Waals surface area contributed by atoms with Crippen LogP contribution in [0.5, 0.6) is 0 Å². The van der Waals surface area contributed by atoms with Crippen molar-refractivity contribution in [3.8, 4) is 0 Å². The van der Waals surface area contributed by atoms with Gasteiger partial charge in [0.2, 0.25) is 10.0 Å². The summed E-state index contributed by atoms with van der Waals surface area (Å²) in [7, 11) is -2.02. The number of amides is 3. The first-order chi connectivity index (χ1) is 14.8. The molecule has 31 heavy (non-hydrogen) atoms. The maximum atomic E-state index is 12.9. The Morgan fingerprint density at radius 2 is 1.61 bits per heavy atom. The van der Waals surface area contributed by atoms with E-state index in [-0.39, 0.29) is 27.6 Å². The largest absolute Gasteiger partial charge is 0.322 e. The van der Waals surface area contributed by atoms with Gasteiger partial charge in [0.25, 0.3) is 17.7 Å². The van der Waals surface area contributed by atoms with Gasteiger partial charge in [-0.1, -0.05) is 19.3 Å². The molecule has 1 heterocycles. The van der Waals surface area contributed by atoms with Gasteiger partial charge in [0.15, 0.2) is 0 Å². The smallest absolute Gasteiger partial charge is 0.259 e. The average molecular weight is 442 g/mol. The van der Waals surface area contributed by atoms with Crippen molar-refractivity contribution in [1.82, 2.24) is 9.62 Å². The molecule has 2 N–H and O–H groups in total. The Hall–Kier alpha value is -3.04. The summed E-state index contributed by atoms with van der Waals surface area (Å²) in [4.78, 5) is 36.1. The molecule has 1 fully saturated rings. The van der Waals surface area contributed by atoms with Crippen molar-refractivity contribution in [2.24, 2.45) is 0 Å². The van der Waals surface area contributed by atoms with Crippen molar-refractivity contribution in [1.29, 1.82) is 0 Å². The second-order valence-corrected chi connectivity index (χ2v) is 9.83. The van der Waals surface area contributed by atoms with E-state index in [1.54, 1.807) is 7.05 Å². The van der Waals surface area contributed by atoms with Crippen molar-refractivity contribution in [3.05, 3.63) is 59.2 Å². The van der Waals surface area contributed by atoms with Crippen LogP contribution in [0.15, 0.2) is 47.4 Å². The number of anilines is 1. The number of fused-ring (bicyclic) bond motifs is 1. The molecule has 2 aromatic rings. The van der Waals surface area contributed by atoms with Crippen molar-refractivity contribution >= 4 is 33.4 Å². The van der Waals surface area contributed by atoms with Gasteiger partial charge in [-0.2, -0.15) is 4.31 Å². The fourth-order valence-electron chi connectivity index (χ4n) is 4.03. The first-order valence-electron chi connectivity index (χ1n) is 10.2. The molecule has 1 aliphatic heterocycles. The number of carbonyl (C=O) groups excluding carboxylic acids is 3. The van der Waals surface area contributed by atoms with Crippen LogP contribution in [-0.2, 0) is 10.0 Å². The highest BCUT2D eigenvalue weighted by molar-refractivity contribution is 7.89. The van der Waals surface area contributed by atoms with Gasteiger partial charge in [0.1, 0.15) is 0 Å². The van der Waals surface area contributed by atoms with Gasteiger partial charge < -0.3 is 5.32 Å². The molecule has 2 aliphatic rings. The molecule has 1 saturated carbocycles.